The van der Waals surface area contributed by atoms with Crippen LogP contribution in [0.1, 0.15) is 128 Å². The van der Waals surface area contributed by atoms with Gasteiger partial charge in [0.05, 0.1) is 89.5 Å². The summed E-state index contributed by atoms with van der Waals surface area (Å²) in [5.74, 6) is -3.53. The first-order chi connectivity index (χ1) is 35.2. The first-order valence-corrected chi connectivity index (χ1v) is 25.5. The Morgan fingerprint density at radius 2 is 0.622 bits per heavy atom. The van der Waals surface area contributed by atoms with Gasteiger partial charge < -0.3 is 80.5 Å². The Morgan fingerprint density at radius 1 is 0.392 bits per heavy atom. The van der Waals surface area contributed by atoms with Crippen molar-refractivity contribution in [3.8, 4) is 0 Å². The van der Waals surface area contributed by atoms with E-state index in [1.165, 1.54) is 43.2 Å². The van der Waals surface area contributed by atoms with Crippen LogP contribution < -0.4 is 9.80 Å². The van der Waals surface area contributed by atoms with Gasteiger partial charge >= 0.3 is 0 Å². The quantitative estimate of drug-likeness (QED) is 0.0401. The average molecular weight is 1050 g/mol. The number of benzene rings is 2. The summed E-state index contributed by atoms with van der Waals surface area (Å²) in [4.78, 5) is 92.0. The molecule has 0 aliphatic carbocycles. The lowest BCUT2D eigenvalue weighted by molar-refractivity contribution is -0.117. The minimum atomic E-state index is -1.17. The molecule has 0 bridgehead atoms. The van der Waals surface area contributed by atoms with E-state index in [1.54, 1.807) is 41.5 Å². The van der Waals surface area contributed by atoms with Crippen LogP contribution in [0.25, 0.3) is 0 Å². The molecule has 6 amide bonds. The van der Waals surface area contributed by atoms with Crippen molar-refractivity contribution in [1.82, 2.24) is 19.6 Å². The zero-order chi connectivity index (χ0) is 56.0. The van der Waals surface area contributed by atoms with E-state index < -0.39 is 101 Å². The van der Waals surface area contributed by atoms with Crippen LogP contribution in [0.15, 0.2) is 0 Å². The molecule has 418 valence electrons. The molecule has 2 unspecified atom stereocenters. The standard InChI is InChI=1S/C52H84N6O16/c1-9-41-45(51(73)55(19-27-63)20-28-64)33(3)43(49(71)53(15-23-59)16-24-60)35(5)47(41)57(37(7)67)31-39(69)13-11-12-14-40(70)32-58(38(8)68)48-36(6)44(50(72)54(17-25-61)18-26-62)34(4)46(42(48)10-2)52(74)56(21-29-65)22-30-66/h39-40,59-66,69-70H,9-32H2,1-8H3. The Morgan fingerprint density at radius 3 is 0.824 bits per heavy atom. The van der Waals surface area contributed by atoms with Crippen molar-refractivity contribution in [2.75, 3.05) is 128 Å². The molecule has 22 heteroatoms. The van der Waals surface area contributed by atoms with Gasteiger partial charge in [-0.05, 0) is 86.8 Å². The van der Waals surface area contributed by atoms with Gasteiger partial charge in [0.2, 0.25) is 11.8 Å². The molecule has 0 spiro atoms. The van der Waals surface area contributed by atoms with Gasteiger partial charge in [-0.25, -0.2) is 0 Å². The van der Waals surface area contributed by atoms with Crippen molar-refractivity contribution >= 4 is 46.8 Å². The van der Waals surface area contributed by atoms with E-state index in [4.69, 9.17) is 0 Å². The number of nitrogens with zero attached hydrogens (tertiary/aromatic N) is 6. The molecule has 0 aliphatic rings. The summed E-state index contributed by atoms with van der Waals surface area (Å²) in [7, 11) is 0. The zero-order valence-electron chi connectivity index (χ0n) is 44.7. The van der Waals surface area contributed by atoms with Gasteiger partial charge in [0.25, 0.3) is 23.6 Å². The van der Waals surface area contributed by atoms with Gasteiger partial charge in [0.15, 0.2) is 0 Å². The molecule has 0 aliphatic heterocycles. The smallest absolute Gasteiger partial charge is 0.254 e. The molecule has 2 aromatic rings. The Hall–Kier alpha value is -5.14. The van der Waals surface area contributed by atoms with Gasteiger partial charge in [0.1, 0.15) is 0 Å². The third-order valence-electron chi connectivity index (χ3n) is 13.2. The summed E-state index contributed by atoms with van der Waals surface area (Å²) in [6.45, 7) is 7.30. The van der Waals surface area contributed by atoms with Crippen LogP contribution in [0.5, 0.6) is 0 Å². The molecule has 0 fully saturated rings. The van der Waals surface area contributed by atoms with Crippen molar-refractivity contribution in [2.24, 2.45) is 0 Å². The van der Waals surface area contributed by atoms with Crippen molar-refractivity contribution in [3.63, 3.8) is 0 Å². The number of anilines is 2. The molecule has 2 rings (SSSR count). The Labute approximate surface area is 435 Å². The molecule has 10 N–H and O–H groups in total. The van der Waals surface area contributed by atoms with E-state index in [-0.39, 0.29) is 136 Å². The number of aliphatic hydroxyl groups is 10. The normalized spacial score (nSPS) is 12.1. The largest absolute Gasteiger partial charge is 0.395 e. The number of rotatable bonds is 33. The zero-order valence-corrected chi connectivity index (χ0v) is 44.7. The molecular formula is C52H84N6O16. The van der Waals surface area contributed by atoms with E-state index in [2.05, 4.69) is 0 Å². The maximum Gasteiger partial charge on any atom is 0.254 e. The summed E-state index contributed by atoms with van der Waals surface area (Å²) in [5.41, 5.74) is 2.48. The predicted octanol–water partition coefficient (Wildman–Crippen LogP) is -0.560. The molecule has 0 radical (unpaired) electrons. The van der Waals surface area contributed by atoms with Crippen LogP contribution >= 0.6 is 0 Å². The fourth-order valence-electron chi connectivity index (χ4n) is 9.81. The molecule has 0 saturated carbocycles. The number of hydrogen-bond donors (Lipinski definition) is 10. The second-order valence-corrected chi connectivity index (χ2v) is 18.2. The molecule has 22 nitrogen and oxygen atoms in total. The minimum Gasteiger partial charge on any atom is -0.395 e. The van der Waals surface area contributed by atoms with E-state index >= 15 is 0 Å². The van der Waals surface area contributed by atoms with Crippen molar-refractivity contribution in [3.05, 3.63) is 55.6 Å². The van der Waals surface area contributed by atoms with Crippen LogP contribution in [0.4, 0.5) is 11.4 Å². The highest BCUT2D eigenvalue weighted by Gasteiger charge is 2.36. The number of carbonyl (C=O) groups is 6. The van der Waals surface area contributed by atoms with Crippen LogP contribution in [0.3, 0.4) is 0 Å². The van der Waals surface area contributed by atoms with Gasteiger partial charge in [-0.2, -0.15) is 0 Å². The molecule has 74 heavy (non-hydrogen) atoms. The van der Waals surface area contributed by atoms with Crippen molar-refractivity contribution in [1.29, 1.82) is 0 Å². The van der Waals surface area contributed by atoms with Gasteiger partial charge in [-0.1, -0.05) is 26.7 Å². The summed E-state index contributed by atoms with van der Waals surface area (Å²) in [5, 5.41) is 102. The third-order valence-corrected chi connectivity index (χ3v) is 13.2. The molecule has 0 heterocycles. The second kappa shape index (κ2) is 32.3. The van der Waals surface area contributed by atoms with Crippen LogP contribution in [-0.4, -0.2) is 237 Å². The van der Waals surface area contributed by atoms with E-state index in [0.29, 0.717) is 35.1 Å². The van der Waals surface area contributed by atoms with Crippen molar-refractivity contribution < 1.29 is 79.8 Å². The highest BCUT2D eigenvalue weighted by molar-refractivity contribution is 6.09. The first kappa shape index (κ1) is 65.0. The molecular weight excluding hydrogens is 965 g/mol. The lowest BCUT2D eigenvalue weighted by Gasteiger charge is -2.33. The maximum atomic E-state index is 14.3. The van der Waals surface area contributed by atoms with Crippen LogP contribution in [0, 0.1) is 27.7 Å². The number of amides is 6. The van der Waals surface area contributed by atoms with Crippen LogP contribution in [0.2, 0.25) is 0 Å². The lowest BCUT2D eigenvalue weighted by atomic mass is 9.87. The fourth-order valence-corrected chi connectivity index (χ4v) is 9.81. The summed E-state index contributed by atoms with van der Waals surface area (Å²) in [6, 6.07) is 0. The highest BCUT2D eigenvalue weighted by atomic mass is 16.3. The average Bonchev–Trinajstić information content (AvgIpc) is 3.35. The van der Waals surface area contributed by atoms with Crippen molar-refractivity contribution in [2.45, 2.75) is 106 Å². The molecule has 2 aromatic carbocycles. The Balaban J connectivity index is 2.63. The summed E-state index contributed by atoms with van der Waals surface area (Å²) >= 11 is 0. The summed E-state index contributed by atoms with van der Waals surface area (Å²) in [6.07, 6.45) is -1.12. The molecule has 0 saturated heterocycles. The summed E-state index contributed by atoms with van der Waals surface area (Å²) < 4.78 is 0. The maximum absolute atomic E-state index is 14.3. The monoisotopic (exact) mass is 1050 g/mol. The fraction of sp³-hybridized carbons (Fsp3) is 0.654. The number of hydrogen-bond acceptors (Lipinski definition) is 16. The van der Waals surface area contributed by atoms with Gasteiger partial charge in [-0.15, -0.1) is 0 Å². The van der Waals surface area contributed by atoms with E-state index in [0.717, 1.165) is 0 Å². The molecule has 2 atom stereocenters. The third kappa shape index (κ3) is 16.2. The SMILES string of the molecule is CCc1c(C(=O)N(CCO)CCO)c(C)c(C(=O)N(CCO)CCO)c(C)c1N(CC(O)CCCCC(O)CN(C(C)=O)c1c(C)c(C(=O)N(CCO)CCO)c(C)c(C(=O)N(CCO)CCO)c1CC)C(C)=O. The highest BCUT2D eigenvalue weighted by Crippen LogP contribution is 2.39. The van der Waals surface area contributed by atoms with E-state index in [1.807, 2.05) is 0 Å². The van der Waals surface area contributed by atoms with Crippen LogP contribution in [-0.2, 0) is 22.4 Å². The van der Waals surface area contributed by atoms with Gasteiger partial charge in [-0.3, -0.25) is 28.8 Å². The Bertz CT molecular complexity index is 2030. The predicted molar refractivity (Wildman–Crippen MR) is 277 cm³/mol. The second-order valence-electron chi connectivity index (χ2n) is 18.2. The molecule has 0 aromatic heterocycles. The topological polar surface area (TPSA) is 324 Å². The minimum absolute atomic E-state index is 0.0398. The van der Waals surface area contributed by atoms with Gasteiger partial charge in [0, 0.05) is 88.5 Å². The number of carbonyl (C=O) groups excluding carboxylic acids is 6. The Kier molecular flexibility index (Phi) is 28.4. The number of aliphatic hydroxyl groups excluding tert-OH is 10. The lowest BCUT2D eigenvalue weighted by Crippen LogP contribution is -2.41. The van der Waals surface area contributed by atoms with E-state index in [9.17, 15) is 79.8 Å². The number of unbranched alkanes of at least 4 members (excludes halogenated alkanes) is 1. The first-order valence-electron chi connectivity index (χ1n) is 25.5.